The van der Waals surface area contributed by atoms with Crippen LogP contribution in [0.1, 0.15) is 16.5 Å². The van der Waals surface area contributed by atoms with Gasteiger partial charge in [0.15, 0.2) is 11.6 Å². The van der Waals surface area contributed by atoms with E-state index in [1.165, 1.54) is 18.1 Å². The Morgan fingerprint density at radius 1 is 1.42 bits per heavy atom. The van der Waals surface area contributed by atoms with Gasteiger partial charge in [-0.05, 0) is 29.1 Å². The molecule has 1 unspecified atom stereocenters. The number of ether oxygens (including phenoxy) is 1. The van der Waals surface area contributed by atoms with Crippen molar-refractivity contribution in [2.75, 3.05) is 13.7 Å². The quantitative estimate of drug-likeness (QED) is 0.855. The SMILES string of the molecule is COc1ccc(C(CO)NCc2cccs2)cc1F. The van der Waals surface area contributed by atoms with Gasteiger partial charge < -0.3 is 15.2 Å². The smallest absolute Gasteiger partial charge is 0.165 e. The van der Waals surface area contributed by atoms with Crippen LogP contribution in [0.15, 0.2) is 35.7 Å². The Balaban J connectivity index is 2.06. The van der Waals surface area contributed by atoms with Gasteiger partial charge in [0, 0.05) is 11.4 Å². The van der Waals surface area contributed by atoms with E-state index in [1.54, 1.807) is 23.5 Å². The van der Waals surface area contributed by atoms with Gasteiger partial charge in [-0.15, -0.1) is 11.3 Å². The van der Waals surface area contributed by atoms with Crippen LogP contribution in [-0.4, -0.2) is 18.8 Å². The fourth-order valence-electron chi connectivity index (χ4n) is 1.82. The largest absolute Gasteiger partial charge is 0.494 e. The number of halogens is 1. The van der Waals surface area contributed by atoms with Crippen LogP contribution in [-0.2, 0) is 6.54 Å². The molecule has 2 aromatic rings. The van der Waals surface area contributed by atoms with Gasteiger partial charge in [0.25, 0.3) is 0 Å². The lowest BCUT2D eigenvalue weighted by molar-refractivity contribution is 0.243. The Morgan fingerprint density at radius 3 is 2.84 bits per heavy atom. The Bertz CT molecular complexity index is 516. The summed E-state index contributed by atoms with van der Waals surface area (Å²) in [5.74, 6) is -0.213. The molecule has 5 heteroatoms. The van der Waals surface area contributed by atoms with Crippen LogP contribution in [0.5, 0.6) is 5.75 Å². The highest BCUT2D eigenvalue weighted by atomic mass is 32.1. The number of hydrogen-bond donors (Lipinski definition) is 2. The molecule has 2 N–H and O–H groups in total. The van der Waals surface area contributed by atoms with Crippen molar-refractivity contribution >= 4 is 11.3 Å². The van der Waals surface area contributed by atoms with E-state index in [1.807, 2.05) is 17.5 Å². The third kappa shape index (κ3) is 3.53. The van der Waals surface area contributed by atoms with Crippen LogP contribution in [0.2, 0.25) is 0 Å². The van der Waals surface area contributed by atoms with Gasteiger partial charge in [0.1, 0.15) is 0 Å². The molecule has 0 radical (unpaired) electrons. The maximum Gasteiger partial charge on any atom is 0.165 e. The Labute approximate surface area is 115 Å². The zero-order valence-electron chi connectivity index (χ0n) is 10.6. The summed E-state index contributed by atoms with van der Waals surface area (Å²) in [6, 6.07) is 8.41. The van der Waals surface area contributed by atoms with Crippen LogP contribution in [0.25, 0.3) is 0 Å². The number of methoxy groups -OCH3 is 1. The summed E-state index contributed by atoms with van der Waals surface area (Å²) in [7, 11) is 1.43. The first-order valence-electron chi connectivity index (χ1n) is 5.94. The van der Waals surface area contributed by atoms with Gasteiger partial charge >= 0.3 is 0 Å². The summed E-state index contributed by atoms with van der Waals surface area (Å²) in [6.07, 6.45) is 0. The highest BCUT2D eigenvalue weighted by molar-refractivity contribution is 7.09. The van der Waals surface area contributed by atoms with Crippen molar-refractivity contribution in [3.05, 3.63) is 52.0 Å². The summed E-state index contributed by atoms with van der Waals surface area (Å²) >= 11 is 1.64. The summed E-state index contributed by atoms with van der Waals surface area (Å²) in [6.45, 7) is 0.563. The monoisotopic (exact) mass is 281 g/mol. The lowest BCUT2D eigenvalue weighted by Crippen LogP contribution is -2.23. The zero-order valence-corrected chi connectivity index (χ0v) is 11.4. The van der Waals surface area contributed by atoms with E-state index >= 15 is 0 Å². The summed E-state index contributed by atoms with van der Waals surface area (Å²) in [4.78, 5) is 1.17. The van der Waals surface area contributed by atoms with Crippen LogP contribution in [0.3, 0.4) is 0 Å². The molecule has 0 spiro atoms. The number of aliphatic hydroxyl groups excluding tert-OH is 1. The number of benzene rings is 1. The number of hydrogen-bond acceptors (Lipinski definition) is 4. The number of nitrogens with one attached hydrogen (secondary N) is 1. The van der Waals surface area contributed by atoms with Crippen molar-refractivity contribution in [1.82, 2.24) is 5.32 Å². The summed E-state index contributed by atoms with van der Waals surface area (Å²) in [5, 5.41) is 14.6. The third-order valence-electron chi connectivity index (χ3n) is 2.86. The van der Waals surface area contributed by atoms with E-state index in [2.05, 4.69) is 5.32 Å². The van der Waals surface area contributed by atoms with Crippen LogP contribution in [0.4, 0.5) is 4.39 Å². The van der Waals surface area contributed by atoms with Crippen LogP contribution in [0, 0.1) is 5.82 Å². The molecule has 0 saturated carbocycles. The summed E-state index contributed by atoms with van der Waals surface area (Å²) < 4.78 is 18.5. The second-order valence-corrected chi connectivity index (χ2v) is 5.12. The van der Waals surface area contributed by atoms with E-state index in [0.717, 1.165) is 0 Å². The molecule has 0 saturated heterocycles. The maximum absolute atomic E-state index is 13.6. The predicted octanol–water partition coefficient (Wildman–Crippen LogP) is 2.72. The molecule has 0 aliphatic rings. The number of aliphatic hydroxyl groups is 1. The first kappa shape index (κ1) is 14.0. The number of thiophene rings is 1. The van der Waals surface area contributed by atoms with Crippen molar-refractivity contribution in [3.8, 4) is 5.75 Å². The average Bonchev–Trinajstić information content (AvgIpc) is 2.93. The van der Waals surface area contributed by atoms with Gasteiger partial charge in [-0.25, -0.2) is 4.39 Å². The lowest BCUT2D eigenvalue weighted by Gasteiger charge is -2.17. The van der Waals surface area contributed by atoms with Crippen molar-refractivity contribution in [2.45, 2.75) is 12.6 Å². The molecule has 2 rings (SSSR count). The first-order chi connectivity index (χ1) is 9.24. The molecule has 1 aromatic carbocycles. The van der Waals surface area contributed by atoms with Gasteiger partial charge in [-0.3, -0.25) is 0 Å². The minimum Gasteiger partial charge on any atom is -0.494 e. The molecule has 1 atom stereocenters. The van der Waals surface area contributed by atoms with E-state index in [0.29, 0.717) is 12.1 Å². The summed E-state index contributed by atoms with van der Waals surface area (Å²) in [5.41, 5.74) is 0.706. The van der Waals surface area contributed by atoms with Gasteiger partial charge in [0.05, 0.1) is 19.8 Å². The Hall–Kier alpha value is -1.43. The topological polar surface area (TPSA) is 41.5 Å². The third-order valence-corrected chi connectivity index (χ3v) is 3.74. The standard InChI is InChI=1S/C14H16FNO2S/c1-18-14-5-4-10(7-12(14)15)13(9-17)16-8-11-3-2-6-19-11/h2-7,13,16-17H,8-9H2,1H3. The Kier molecular flexibility index (Phi) is 4.90. The lowest BCUT2D eigenvalue weighted by atomic mass is 10.1. The molecule has 3 nitrogen and oxygen atoms in total. The van der Waals surface area contributed by atoms with E-state index in [4.69, 9.17) is 4.74 Å². The molecule has 0 amide bonds. The van der Waals surface area contributed by atoms with Crippen molar-refractivity contribution in [1.29, 1.82) is 0 Å². The van der Waals surface area contributed by atoms with Crippen molar-refractivity contribution in [3.63, 3.8) is 0 Å². The molecule has 19 heavy (non-hydrogen) atoms. The number of rotatable bonds is 6. The van der Waals surface area contributed by atoms with Crippen molar-refractivity contribution in [2.24, 2.45) is 0 Å². The minimum atomic E-state index is -0.420. The minimum absolute atomic E-state index is 0.0862. The fourth-order valence-corrected chi connectivity index (χ4v) is 2.48. The highest BCUT2D eigenvalue weighted by Gasteiger charge is 2.13. The van der Waals surface area contributed by atoms with E-state index < -0.39 is 5.82 Å². The second kappa shape index (κ2) is 6.65. The van der Waals surface area contributed by atoms with Gasteiger partial charge in [-0.1, -0.05) is 12.1 Å². The van der Waals surface area contributed by atoms with Gasteiger partial charge in [0.2, 0.25) is 0 Å². The van der Waals surface area contributed by atoms with E-state index in [-0.39, 0.29) is 18.4 Å². The van der Waals surface area contributed by atoms with E-state index in [9.17, 15) is 9.50 Å². The van der Waals surface area contributed by atoms with Crippen LogP contribution >= 0.6 is 11.3 Å². The van der Waals surface area contributed by atoms with Crippen molar-refractivity contribution < 1.29 is 14.2 Å². The molecule has 1 aromatic heterocycles. The molecule has 0 aliphatic carbocycles. The first-order valence-corrected chi connectivity index (χ1v) is 6.82. The Morgan fingerprint density at radius 2 is 2.26 bits per heavy atom. The molecule has 0 bridgehead atoms. The fraction of sp³-hybridized carbons (Fsp3) is 0.286. The zero-order chi connectivity index (χ0) is 13.7. The average molecular weight is 281 g/mol. The highest BCUT2D eigenvalue weighted by Crippen LogP contribution is 2.22. The predicted molar refractivity (Wildman–Crippen MR) is 73.9 cm³/mol. The van der Waals surface area contributed by atoms with Crippen LogP contribution < -0.4 is 10.1 Å². The normalized spacial score (nSPS) is 12.4. The molecular weight excluding hydrogens is 265 g/mol. The molecule has 1 heterocycles. The molecule has 0 aliphatic heterocycles. The molecule has 0 fully saturated rings. The maximum atomic E-state index is 13.6. The second-order valence-electron chi connectivity index (χ2n) is 4.09. The molecule has 102 valence electrons. The molecular formula is C14H16FNO2S. The van der Waals surface area contributed by atoms with Gasteiger partial charge in [-0.2, -0.15) is 0 Å².